The minimum absolute atomic E-state index is 0.116. The van der Waals surface area contributed by atoms with Gasteiger partial charge in [0, 0.05) is 29.8 Å². The SMILES string of the molecule is O=C(O)c1ccnc(-c2cn(-c3cccc(NC(=O)c4ccncc4)c3)nn2)c1. The lowest BCUT2D eigenvalue weighted by Gasteiger charge is -2.07. The van der Waals surface area contributed by atoms with Crippen molar-refractivity contribution < 1.29 is 14.7 Å². The van der Waals surface area contributed by atoms with Crippen molar-refractivity contribution >= 4 is 17.6 Å². The van der Waals surface area contributed by atoms with Crippen molar-refractivity contribution in [1.82, 2.24) is 25.0 Å². The van der Waals surface area contributed by atoms with E-state index in [2.05, 4.69) is 25.6 Å². The quantitative estimate of drug-likeness (QED) is 0.540. The number of nitrogens with one attached hydrogen (secondary N) is 1. The van der Waals surface area contributed by atoms with Crippen LogP contribution in [-0.2, 0) is 0 Å². The van der Waals surface area contributed by atoms with Crippen LogP contribution in [0.4, 0.5) is 5.69 Å². The first-order chi connectivity index (χ1) is 14.1. The fourth-order valence-corrected chi connectivity index (χ4v) is 2.64. The van der Waals surface area contributed by atoms with Crippen molar-refractivity contribution in [2.45, 2.75) is 0 Å². The minimum atomic E-state index is -1.04. The fraction of sp³-hybridized carbons (Fsp3) is 0. The highest BCUT2D eigenvalue weighted by Gasteiger charge is 2.11. The molecule has 0 aliphatic rings. The van der Waals surface area contributed by atoms with Crippen LogP contribution in [0.15, 0.2) is 73.3 Å². The van der Waals surface area contributed by atoms with Crippen LogP contribution >= 0.6 is 0 Å². The minimum Gasteiger partial charge on any atom is -0.478 e. The lowest BCUT2D eigenvalue weighted by atomic mass is 10.2. The molecule has 0 radical (unpaired) electrons. The lowest BCUT2D eigenvalue weighted by Crippen LogP contribution is -2.12. The molecule has 3 heterocycles. The number of hydrogen-bond donors (Lipinski definition) is 2. The van der Waals surface area contributed by atoms with Crippen LogP contribution in [-0.4, -0.2) is 41.9 Å². The van der Waals surface area contributed by atoms with Gasteiger partial charge in [0.05, 0.1) is 23.1 Å². The number of carbonyl (C=O) groups excluding carboxylic acids is 1. The summed E-state index contributed by atoms with van der Waals surface area (Å²) in [7, 11) is 0. The molecule has 2 N–H and O–H groups in total. The Bertz CT molecular complexity index is 1190. The summed E-state index contributed by atoms with van der Waals surface area (Å²) in [6, 6.07) is 13.2. The fourth-order valence-electron chi connectivity index (χ4n) is 2.64. The zero-order chi connectivity index (χ0) is 20.2. The summed E-state index contributed by atoms with van der Waals surface area (Å²) in [4.78, 5) is 31.5. The standard InChI is InChI=1S/C20H14N6O3/c27-19(13-4-7-21-8-5-13)23-15-2-1-3-16(11-15)26-12-18(24-25-26)17-10-14(20(28)29)6-9-22-17/h1-12H,(H,23,27)(H,28,29). The van der Waals surface area contributed by atoms with Gasteiger partial charge < -0.3 is 10.4 Å². The molecule has 0 atom stereocenters. The van der Waals surface area contributed by atoms with Crippen LogP contribution in [0.3, 0.4) is 0 Å². The third-order valence-corrected chi connectivity index (χ3v) is 4.07. The van der Waals surface area contributed by atoms with E-state index in [0.29, 0.717) is 28.3 Å². The molecule has 0 bridgehead atoms. The van der Waals surface area contributed by atoms with Gasteiger partial charge in [0.2, 0.25) is 0 Å². The molecule has 0 saturated heterocycles. The predicted octanol–water partition coefficient (Wildman–Crippen LogP) is 2.67. The third-order valence-electron chi connectivity index (χ3n) is 4.07. The van der Waals surface area contributed by atoms with Gasteiger partial charge in [-0.2, -0.15) is 0 Å². The van der Waals surface area contributed by atoms with E-state index in [0.717, 1.165) is 0 Å². The van der Waals surface area contributed by atoms with Crippen LogP contribution in [0.5, 0.6) is 0 Å². The Labute approximate surface area is 164 Å². The third kappa shape index (κ3) is 3.98. The molecule has 9 heteroatoms. The molecule has 0 aliphatic heterocycles. The molecule has 29 heavy (non-hydrogen) atoms. The number of anilines is 1. The maximum Gasteiger partial charge on any atom is 0.335 e. The molecule has 1 amide bonds. The number of amides is 1. The van der Waals surface area contributed by atoms with E-state index in [9.17, 15) is 9.59 Å². The van der Waals surface area contributed by atoms with Gasteiger partial charge in [-0.3, -0.25) is 14.8 Å². The molecular formula is C20H14N6O3. The van der Waals surface area contributed by atoms with Gasteiger partial charge in [0.1, 0.15) is 5.69 Å². The first kappa shape index (κ1) is 18.0. The van der Waals surface area contributed by atoms with Gasteiger partial charge in [0.15, 0.2) is 0 Å². The molecule has 4 rings (SSSR count). The smallest absolute Gasteiger partial charge is 0.335 e. The van der Waals surface area contributed by atoms with Gasteiger partial charge in [-0.25, -0.2) is 9.48 Å². The maximum absolute atomic E-state index is 12.3. The summed E-state index contributed by atoms with van der Waals surface area (Å²) in [5.41, 5.74) is 2.71. The Morgan fingerprint density at radius 2 is 1.72 bits per heavy atom. The second-order valence-corrected chi connectivity index (χ2v) is 6.02. The summed E-state index contributed by atoms with van der Waals surface area (Å²) in [6.07, 6.45) is 6.15. The summed E-state index contributed by atoms with van der Waals surface area (Å²) in [5, 5.41) is 20.1. The highest BCUT2D eigenvalue weighted by Crippen LogP contribution is 2.19. The summed E-state index contributed by atoms with van der Waals surface area (Å²) in [6.45, 7) is 0. The topological polar surface area (TPSA) is 123 Å². The number of aromatic nitrogens is 5. The van der Waals surface area contributed by atoms with Crippen LogP contribution in [0.2, 0.25) is 0 Å². The normalized spacial score (nSPS) is 10.5. The first-order valence-corrected chi connectivity index (χ1v) is 8.54. The van der Waals surface area contributed by atoms with E-state index < -0.39 is 5.97 Å². The van der Waals surface area contributed by atoms with Crippen molar-refractivity contribution in [2.75, 3.05) is 5.32 Å². The monoisotopic (exact) mass is 386 g/mol. The molecule has 4 aromatic rings. The van der Waals surface area contributed by atoms with Gasteiger partial charge in [-0.05, 0) is 42.5 Å². The molecule has 0 spiro atoms. The molecule has 0 unspecified atom stereocenters. The van der Waals surface area contributed by atoms with E-state index in [1.54, 1.807) is 48.9 Å². The highest BCUT2D eigenvalue weighted by molar-refractivity contribution is 6.04. The molecule has 1 aromatic carbocycles. The van der Waals surface area contributed by atoms with E-state index in [1.807, 2.05) is 6.07 Å². The van der Waals surface area contributed by atoms with E-state index in [1.165, 1.54) is 23.0 Å². The Balaban J connectivity index is 1.57. The summed E-state index contributed by atoms with van der Waals surface area (Å²) >= 11 is 0. The van der Waals surface area contributed by atoms with Gasteiger partial charge >= 0.3 is 5.97 Å². The lowest BCUT2D eigenvalue weighted by molar-refractivity contribution is 0.0696. The Kier molecular flexibility index (Phi) is 4.77. The van der Waals surface area contributed by atoms with Crippen molar-refractivity contribution in [3.8, 4) is 17.1 Å². The van der Waals surface area contributed by atoms with Gasteiger partial charge in [-0.1, -0.05) is 11.3 Å². The Morgan fingerprint density at radius 3 is 2.52 bits per heavy atom. The highest BCUT2D eigenvalue weighted by atomic mass is 16.4. The second-order valence-electron chi connectivity index (χ2n) is 6.02. The van der Waals surface area contributed by atoms with Crippen molar-refractivity contribution in [2.24, 2.45) is 0 Å². The van der Waals surface area contributed by atoms with Crippen molar-refractivity contribution in [3.05, 3.63) is 84.4 Å². The number of aromatic carboxylic acids is 1. The second kappa shape index (κ2) is 7.69. The largest absolute Gasteiger partial charge is 0.478 e. The zero-order valence-corrected chi connectivity index (χ0v) is 14.9. The average Bonchev–Trinajstić information content (AvgIpc) is 3.25. The van der Waals surface area contributed by atoms with Crippen LogP contribution < -0.4 is 5.32 Å². The average molecular weight is 386 g/mol. The molecule has 3 aromatic heterocycles. The molecule has 0 saturated carbocycles. The molecule has 142 valence electrons. The number of benzene rings is 1. The molecular weight excluding hydrogens is 372 g/mol. The number of rotatable bonds is 5. The zero-order valence-electron chi connectivity index (χ0n) is 14.9. The van der Waals surface area contributed by atoms with E-state index >= 15 is 0 Å². The maximum atomic E-state index is 12.3. The van der Waals surface area contributed by atoms with E-state index in [4.69, 9.17) is 5.11 Å². The number of hydrogen-bond acceptors (Lipinski definition) is 6. The van der Waals surface area contributed by atoms with Crippen molar-refractivity contribution in [3.63, 3.8) is 0 Å². The number of pyridine rings is 2. The van der Waals surface area contributed by atoms with Crippen LogP contribution in [0, 0.1) is 0 Å². The number of carboxylic acid groups (broad SMARTS) is 1. The Morgan fingerprint density at radius 1 is 0.931 bits per heavy atom. The van der Waals surface area contributed by atoms with Gasteiger partial charge in [-0.15, -0.1) is 5.10 Å². The summed E-state index contributed by atoms with van der Waals surface area (Å²) in [5.74, 6) is -1.29. The molecule has 0 aliphatic carbocycles. The van der Waals surface area contributed by atoms with Crippen molar-refractivity contribution in [1.29, 1.82) is 0 Å². The first-order valence-electron chi connectivity index (χ1n) is 8.54. The Hall–Kier alpha value is -4.40. The van der Waals surface area contributed by atoms with Crippen LogP contribution in [0.25, 0.3) is 17.1 Å². The number of carbonyl (C=O) groups is 2. The molecule has 0 fully saturated rings. The number of carboxylic acids is 1. The van der Waals surface area contributed by atoms with E-state index in [-0.39, 0.29) is 11.5 Å². The van der Waals surface area contributed by atoms with Crippen LogP contribution in [0.1, 0.15) is 20.7 Å². The predicted molar refractivity (Wildman–Crippen MR) is 104 cm³/mol. The number of nitrogens with zero attached hydrogens (tertiary/aromatic N) is 5. The van der Waals surface area contributed by atoms with Gasteiger partial charge in [0.25, 0.3) is 5.91 Å². The molecule has 9 nitrogen and oxygen atoms in total. The summed E-state index contributed by atoms with van der Waals surface area (Å²) < 4.78 is 1.52.